The second kappa shape index (κ2) is 5.76. The Balaban J connectivity index is 2.04. The van der Waals surface area contributed by atoms with Crippen LogP contribution >= 0.6 is 11.6 Å². The molecule has 1 saturated carbocycles. The molecule has 0 aromatic heterocycles. The number of nitrogens with one attached hydrogen (secondary N) is 1. The molecule has 1 aromatic rings. The van der Waals surface area contributed by atoms with Gasteiger partial charge >= 0.3 is 0 Å². The van der Waals surface area contributed by atoms with Gasteiger partial charge in [-0.3, -0.25) is 4.79 Å². The van der Waals surface area contributed by atoms with Gasteiger partial charge in [0.05, 0.1) is 22.3 Å². The average molecular weight is 299 g/mol. The first-order chi connectivity index (χ1) is 9.41. The molecule has 0 radical (unpaired) electrons. The third kappa shape index (κ3) is 3.45. The largest absolute Gasteiger partial charge is 0.324 e. The molecule has 1 aromatic carbocycles. The zero-order valence-corrected chi connectivity index (χ0v) is 11.4. The highest BCUT2D eigenvalue weighted by Gasteiger charge is 2.37. The van der Waals surface area contributed by atoms with Crippen molar-refractivity contribution in [1.82, 2.24) is 0 Å². The molecule has 0 aliphatic heterocycles. The van der Waals surface area contributed by atoms with Gasteiger partial charge < -0.3 is 5.32 Å². The van der Waals surface area contributed by atoms with Crippen molar-refractivity contribution >= 4 is 23.2 Å². The van der Waals surface area contributed by atoms with Gasteiger partial charge in [-0.15, -0.1) is 0 Å². The summed E-state index contributed by atoms with van der Waals surface area (Å²) in [6.45, 7) is 0. The number of benzene rings is 1. The first-order valence-corrected chi connectivity index (χ1v) is 6.67. The van der Waals surface area contributed by atoms with Crippen molar-refractivity contribution in [3.05, 3.63) is 28.8 Å². The molecule has 0 unspecified atom stereocenters. The van der Waals surface area contributed by atoms with Gasteiger partial charge in [0.15, 0.2) is 0 Å². The molecule has 1 N–H and O–H groups in total. The molecular formula is C14H13ClF2N2O. The third-order valence-electron chi connectivity index (χ3n) is 3.44. The SMILES string of the molecule is N#Cc1ccc(Cl)c(NC(=O)C2CCC(F)(F)CC2)c1. The minimum atomic E-state index is -2.66. The van der Waals surface area contributed by atoms with Gasteiger partial charge in [-0.1, -0.05) is 11.6 Å². The number of carbonyl (C=O) groups excluding carboxylic acids is 1. The number of anilines is 1. The number of alkyl halides is 2. The van der Waals surface area contributed by atoms with Crippen LogP contribution in [0.2, 0.25) is 5.02 Å². The number of hydrogen-bond donors (Lipinski definition) is 1. The van der Waals surface area contributed by atoms with E-state index in [2.05, 4.69) is 5.32 Å². The van der Waals surface area contributed by atoms with Crippen LogP contribution in [0, 0.1) is 17.2 Å². The number of hydrogen-bond acceptors (Lipinski definition) is 2. The fraction of sp³-hybridized carbons (Fsp3) is 0.429. The highest BCUT2D eigenvalue weighted by Crippen LogP contribution is 2.36. The van der Waals surface area contributed by atoms with E-state index in [1.807, 2.05) is 6.07 Å². The average Bonchev–Trinajstić information content (AvgIpc) is 2.41. The summed E-state index contributed by atoms with van der Waals surface area (Å²) in [5.74, 6) is -3.41. The van der Waals surface area contributed by atoms with E-state index < -0.39 is 11.8 Å². The molecule has 0 heterocycles. The van der Waals surface area contributed by atoms with Crippen LogP contribution in [-0.4, -0.2) is 11.8 Å². The van der Waals surface area contributed by atoms with Crippen molar-refractivity contribution < 1.29 is 13.6 Å². The summed E-state index contributed by atoms with van der Waals surface area (Å²) in [4.78, 5) is 12.0. The Morgan fingerprint density at radius 3 is 2.65 bits per heavy atom. The van der Waals surface area contributed by atoms with E-state index in [1.54, 1.807) is 6.07 Å². The molecule has 1 fully saturated rings. The van der Waals surface area contributed by atoms with Crippen molar-refractivity contribution in [1.29, 1.82) is 5.26 Å². The Morgan fingerprint density at radius 2 is 2.05 bits per heavy atom. The summed E-state index contributed by atoms with van der Waals surface area (Å²) in [5.41, 5.74) is 0.716. The maximum Gasteiger partial charge on any atom is 0.248 e. The summed E-state index contributed by atoms with van der Waals surface area (Å²) in [7, 11) is 0. The number of rotatable bonds is 2. The molecule has 1 amide bonds. The molecule has 3 nitrogen and oxygen atoms in total. The van der Waals surface area contributed by atoms with Gasteiger partial charge in [0, 0.05) is 18.8 Å². The van der Waals surface area contributed by atoms with Crippen LogP contribution < -0.4 is 5.32 Å². The van der Waals surface area contributed by atoms with Crippen molar-refractivity contribution in [2.24, 2.45) is 5.92 Å². The molecule has 1 aliphatic carbocycles. The standard InChI is InChI=1S/C14H13ClF2N2O/c15-11-2-1-9(8-18)7-12(11)19-13(20)10-3-5-14(16,17)6-4-10/h1-2,7,10H,3-6H2,(H,19,20). The molecule has 0 saturated heterocycles. The van der Waals surface area contributed by atoms with Gasteiger partial charge in [-0.05, 0) is 31.0 Å². The topological polar surface area (TPSA) is 52.9 Å². The van der Waals surface area contributed by atoms with E-state index in [-0.39, 0.29) is 31.6 Å². The first kappa shape index (κ1) is 14.7. The molecule has 0 spiro atoms. The summed E-state index contributed by atoms with van der Waals surface area (Å²) < 4.78 is 26.1. The van der Waals surface area contributed by atoms with Gasteiger partial charge in [-0.25, -0.2) is 8.78 Å². The first-order valence-electron chi connectivity index (χ1n) is 6.29. The highest BCUT2D eigenvalue weighted by molar-refractivity contribution is 6.33. The number of halogens is 3. The van der Waals surface area contributed by atoms with E-state index in [4.69, 9.17) is 16.9 Å². The second-order valence-corrected chi connectivity index (χ2v) is 5.33. The summed E-state index contributed by atoms with van der Waals surface area (Å²) in [5, 5.41) is 11.7. The zero-order chi connectivity index (χ0) is 14.8. The number of nitriles is 1. The van der Waals surface area contributed by atoms with Gasteiger partial charge in [-0.2, -0.15) is 5.26 Å². The smallest absolute Gasteiger partial charge is 0.248 e. The lowest BCUT2D eigenvalue weighted by Crippen LogP contribution is -2.31. The fourth-order valence-corrected chi connectivity index (χ4v) is 2.39. The molecule has 1 aliphatic rings. The Labute approximate surface area is 120 Å². The van der Waals surface area contributed by atoms with Crippen LogP contribution in [0.1, 0.15) is 31.2 Å². The second-order valence-electron chi connectivity index (χ2n) is 4.93. The van der Waals surface area contributed by atoms with E-state index in [9.17, 15) is 13.6 Å². The molecule has 0 bridgehead atoms. The van der Waals surface area contributed by atoms with Crippen molar-refractivity contribution in [3.63, 3.8) is 0 Å². The normalized spacial score (nSPS) is 18.3. The van der Waals surface area contributed by atoms with Crippen molar-refractivity contribution in [2.45, 2.75) is 31.6 Å². The lowest BCUT2D eigenvalue weighted by molar-refractivity contribution is -0.124. The molecular weight excluding hydrogens is 286 g/mol. The van der Waals surface area contributed by atoms with Crippen LogP contribution in [0.3, 0.4) is 0 Å². The Hall–Kier alpha value is -1.67. The third-order valence-corrected chi connectivity index (χ3v) is 3.77. The van der Waals surface area contributed by atoms with E-state index in [1.165, 1.54) is 12.1 Å². The summed E-state index contributed by atoms with van der Waals surface area (Å²) in [6, 6.07) is 6.48. The quantitative estimate of drug-likeness (QED) is 0.898. The van der Waals surface area contributed by atoms with Crippen LogP contribution in [0.15, 0.2) is 18.2 Å². The fourth-order valence-electron chi connectivity index (χ4n) is 2.23. The molecule has 6 heteroatoms. The van der Waals surface area contributed by atoms with Crippen LogP contribution in [0.25, 0.3) is 0 Å². The van der Waals surface area contributed by atoms with E-state index >= 15 is 0 Å². The van der Waals surface area contributed by atoms with Gasteiger partial charge in [0.1, 0.15) is 0 Å². The summed E-state index contributed by atoms with van der Waals surface area (Å²) >= 11 is 5.94. The molecule has 106 valence electrons. The van der Waals surface area contributed by atoms with E-state index in [0.717, 1.165) is 0 Å². The van der Waals surface area contributed by atoms with Crippen molar-refractivity contribution in [2.75, 3.05) is 5.32 Å². The van der Waals surface area contributed by atoms with Crippen molar-refractivity contribution in [3.8, 4) is 6.07 Å². The predicted octanol–water partition coefficient (Wildman–Crippen LogP) is 3.98. The Kier molecular flexibility index (Phi) is 4.24. The minimum absolute atomic E-state index is 0.161. The minimum Gasteiger partial charge on any atom is -0.324 e. The van der Waals surface area contributed by atoms with Gasteiger partial charge in [0.2, 0.25) is 11.8 Å². The summed E-state index contributed by atoms with van der Waals surface area (Å²) in [6.07, 6.45) is -0.211. The Bertz CT molecular complexity index is 559. The molecule has 0 atom stereocenters. The lowest BCUT2D eigenvalue weighted by Gasteiger charge is -2.27. The highest BCUT2D eigenvalue weighted by atomic mass is 35.5. The van der Waals surface area contributed by atoms with E-state index in [0.29, 0.717) is 16.3 Å². The predicted molar refractivity (Wildman–Crippen MR) is 71.7 cm³/mol. The monoisotopic (exact) mass is 298 g/mol. The number of carbonyl (C=O) groups is 1. The maximum absolute atomic E-state index is 13.0. The molecule has 20 heavy (non-hydrogen) atoms. The lowest BCUT2D eigenvalue weighted by atomic mass is 9.86. The van der Waals surface area contributed by atoms with Gasteiger partial charge in [0.25, 0.3) is 0 Å². The van der Waals surface area contributed by atoms with Crippen LogP contribution in [0.4, 0.5) is 14.5 Å². The number of nitrogens with zero attached hydrogens (tertiary/aromatic N) is 1. The van der Waals surface area contributed by atoms with Crippen LogP contribution in [-0.2, 0) is 4.79 Å². The molecule has 2 rings (SSSR count). The number of amides is 1. The Morgan fingerprint density at radius 1 is 1.40 bits per heavy atom. The van der Waals surface area contributed by atoms with Crippen LogP contribution in [0.5, 0.6) is 0 Å². The zero-order valence-electron chi connectivity index (χ0n) is 10.6. The maximum atomic E-state index is 13.0.